The molecule has 0 aromatic rings. The first-order valence-corrected chi connectivity index (χ1v) is 9.08. The lowest BCUT2D eigenvalue weighted by Crippen LogP contribution is -2.56. The van der Waals surface area contributed by atoms with Crippen LogP contribution in [-0.2, 0) is 9.59 Å². The number of carbonyl (C=O) groups is 3. The lowest BCUT2D eigenvalue weighted by Gasteiger charge is -2.36. The van der Waals surface area contributed by atoms with Crippen LogP contribution in [0.5, 0.6) is 0 Å². The molecule has 0 aromatic carbocycles. The predicted octanol–water partition coefficient (Wildman–Crippen LogP) is 0.875. The molecule has 2 atom stereocenters. The molecular weight excluding hydrogens is 308 g/mol. The van der Waals surface area contributed by atoms with Gasteiger partial charge >= 0.3 is 6.03 Å². The molecule has 4 amide bonds. The molecule has 2 aliphatic carbocycles. The van der Waals surface area contributed by atoms with Crippen LogP contribution in [-0.4, -0.2) is 46.9 Å². The number of nitrogens with one attached hydrogen (secondary N) is 2. The number of imide groups is 1. The van der Waals surface area contributed by atoms with Gasteiger partial charge in [0.1, 0.15) is 12.1 Å². The topological polar surface area (TPSA) is 105 Å². The van der Waals surface area contributed by atoms with Gasteiger partial charge in [0.25, 0.3) is 5.91 Å². The van der Waals surface area contributed by atoms with E-state index in [9.17, 15) is 14.4 Å². The van der Waals surface area contributed by atoms with Crippen LogP contribution in [0.1, 0.15) is 58.3 Å². The number of amides is 4. The van der Waals surface area contributed by atoms with Crippen LogP contribution in [0.2, 0.25) is 0 Å². The average Bonchev–Trinajstić information content (AvgIpc) is 3.10. The molecule has 0 radical (unpaired) electrons. The zero-order valence-corrected chi connectivity index (χ0v) is 14.4. The molecule has 7 heteroatoms. The van der Waals surface area contributed by atoms with Crippen molar-refractivity contribution in [3.05, 3.63) is 0 Å². The van der Waals surface area contributed by atoms with Crippen LogP contribution < -0.4 is 16.4 Å². The van der Waals surface area contributed by atoms with Gasteiger partial charge in [0.2, 0.25) is 5.91 Å². The summed E-state index contributed by atoms with van der Waals surface area (Å²) in [6.45, 7) is 2.17. The lowest BCUT2D eigenvalue weighted by atomic mass is 9.73. The zero-order valence-electron chi connectivity index (χ0n) is 14.4. The Labute approximate surface area is 142 Å². The second kappa shape index (κ2) is 6.35. The van der Waals surface area contributed by atoms with Crippen LogP contribution in [0.4, 0.5) is 4.79 Å². The first kappa shape index (κ1) is 17.2. The first-order valence-electron chi connectivity index (χ1n) is 9.08. The Morgan fingerprint density at radius 1 is 1.25 bits per heavy atom. The molecule has 134 valence electrons. The number of rotatable bonds is 4. The van der Waals surface area contributed by atoms with E-state index in [1.54, 1.807) is 0 Å². The third-order valence-corrected chi connectivity index (χ3v) is 6.16. The molecule has 1 heterocycles. The van der Waals surface area contributed by atoms with Crippen molar-refractivity contribution in [3.8, 4) is 0 Å². The highest BCUT2D eigenvalue weighted by Gasteiger charge is 2.55. The third-order valence-electron chi connectivity index (χ3n) is 6.16. The maximum atomic E-state index is 12.9. The fourth-order valence-electron chi connectivity index (χ4n) is 4.55. The number of urea groups is 1. The van der Waals surface area contributed by atoms with E-state index in [0.29, 0.717) is 13.0 Å². The summed E-state index contributed by atoms with van der Waals surface area (Å²) in [6.07, 6.45) is 7.37. The molecule has 3 fully saturated rings. The molecule has 2 saturated carbocycles. The van der Waals surface area contributed by atoms with E-state index in [0.717, 1.165) is 49.8 Å². The number of nitrogens with zero attached hydrogens (tertiary/aromatic N) is 1. The van der Waals surface area contributed by atoms with Crippen LogP contribution in [0.3, 0.4) is 0 Å². The Balaban J connectivity index is 1.67. The normalized spacial score (nSPS) is 32.2. The molecular formula is C17H28N4O3. The number of hydrogen-bond donors (Lipinski definition) is 3. The summed E-state index contributed by atoms with van der Waals surface area (Å²) >= 11 is 0. The second-order valence-electron chi connectivity index (χ2n) is 7.68. The molecule has 1 saturated heterocycles. The van der Waals surface area contributed by atoms with Gasteiger partial charge in [-0.05, 0) is 31.6 Å². The Morgan fingerprint density at radius 3 is 2.54 bits per heavy atom. The van der Waals surface area contributed by atoms with Gasteiger partial charge in [-0.15, -0.1) is 0 Å². The monoisotopic (exact) mass is 336 g/mol. The summed E-state index contributed by atoms with van der Waals surface area (Å²) in [4.78, 5) is 38.7. The highest BCUT2D eigenvalue weighted by molar-refractivity contribution is 6.09. The van der Waals surface area contributed by atoms with Crippen molar-refractivity contribution in [1.82, 2.24) is 15.5 Å². The molecule has 0 aromatic heterocycles. The number of nitrogens with two attached hydrogens (primary N) is 1. The summed E-state index contributed by atoms with van der Waals surface area (Å²) in [5, 5.41) is 5.85. The third kappa shape index (κ3) is 2.79. The van der Waals surface area contributed by atoms with Gasteiger partial charge in [0, 0.05) is 6.54 Å². The van der Waals surface area contributed by atoms with E-state index in [1.165, 1.54) is 0 Å². The molecule has 1 spiro atoms. The van der Waals surface area contributed by atoms with Crippen molar-refractivity contribution < 1.29 is 14.4 Å². The molecule has 7 nitrogen and oxygen atoms in total. The van der Waals surface area contributed by atoms with Crippen molar-refractivity contribution >= 4 is 17.8 Å². The largest absolute Gasteiger partial charge is 0.348 e. The van der Waals surface area contributed by atoms with Gasteiger partial charge in [-0.1, -0.05) is 32.6 Å². The van der Waals surface area contributed by atoms with Gasteiger partial charge in [0.15, 0.2) is 0 Å². The molecule has 2 unspecified atom stereocenters. The molecule has 3 rings (SSSR count). The summed E-state index contributed by atoms with van der Waals surface area (Å²) < 4.78 is 0. The van der Waals surface area contributed by atoms with E-state index >= 15 is 0 Å². The van der Waals surface area contributed by atoms with Crippen LogP contribution >= 0.6 is 0 Å². The summed E-state index contributed by atoms with van der Waals surface area (Å²) in [6, 6.07) is -0.447. The number of carbonyl (C=O) groups excluding carboxylic acids is 3. The predicted molar refractivity (Wildman–Crippen MR) is 89.0 cm³/mol. The standard InChI is InChI=1S/C17H28N4O3/c1-12-6-2-3-9-17(12)14(23)21(15(24)20-17)10-13(22)19-16(11-18)7-4-5-8-16/h12H,2-11,18H2,1H3,(H,19,22)(H,20,24). The minimum absolute atomic E-state index is 0.0981. The average molecular weight is 336 g/mol. The quantitative estimate of drug-likeness (QED) is 0.663. The van der Waals surface area contributed by atoms with Crippen molar-refractivity contribution in [2.75, 3.05) is 13.1 Å². The van der Waals surface area contributed by atoms with Crippen LogP contribution in [0, 0.1) is 5.92 Å². The summed E-state index contributed by atoms with van der Waals surface area (Å²) in [5.74, 6) is -0.449. The fourth-order valence-corrected chi connectivity index (χ4v) is 4.55. The molecule has 3 aliphatic rings. The Morgan fingerprint density at radius 2 is 1.92 bits per heavy atom. The second-order valence-corrected chi connectivity index (χ2v) is 7.68. The van der Waals surface area contributed by atoms with E-state index in [4.69, 9.17) is 5.73 Å². The van der Waals surface area contributed by atoms with Crippen LogP contribution in [0.25, 0.3) is 0 Å². The molecule has 1 aliphatic heterocycles. The van der Waals surface area contributed by atoms with Gasteiger partial charge in [0.05, 0.1) is 5.54 Å². The maximum absolute atomic E-state index is 12.9. The Kier molecular flexibility index (Phi) is 4.55. The van der Waals surface area contributed by atoms with E-state index < -0.39 is 11.6 Å². The Bertz CT molecular complexity index is 544. The summed E-state index contributed by atoms with van der Waals surface area (Å²) in [7, 11) is 0. The van der Waals surface area contributed by atoms with Gasteiger partial charge in [-0.3, -0.25) is 14.5 Å². The fraction of sp³-hybridized carbons (Fsp3) is 0.824. The maximum Gasteiger partial charge on any atom is 0.325 e. The van der Waals surface area contributed by atoms with E-state index in [2.05, 4.69) is 10.6 Å². The minimum atomic E-state index is -0.811. The smallest absolute Gasteiger partial charge is 0.325 e. The van der Waals surface area contributed by atoms with Crippen molar-refractivity contribution in [2.45, 2.75) is 69.4 Å². The van der Waals surface area contributed by atoms with E-state index in [-0.39, 0.29) is 29.8 Å². The van der Waals surface area contributed by atoms with Crippen molar-refractivity contribution in [1.29, 1.82) is 0 Å². The van der Waals surface area contributed by atoms with Crippen molar-refractivity contribution in [2.24, 2.45) is 11.7 Å². The molecule has 0 bridgehead atoms. The summed E-state index contributed by atoms with van der Waals surface area (Å²) in [5.41, 5.74) is 4.66. The SMILES string of the molecule is CC1CCCCC12NC(=O)N(CC(=O)NC1(CN)CCCC1)C2=O. The molecule has 4 N–H and O–H groups in total. The highest BCUT2D eigenvalue weighted by atomic mass is 16.2. The van der Waals surface area contributed by atoms with Crippen LogP contribution in [0.15, 0.2) is 0 Å². The minimum Gasteiger partial charge on any atom is -0.348 e. The van der Waals surface area contributed by atoms with Gasteiger partial charge < -0.3 is 16.4 Å². The van der Waals surface area contributed by atoms with Gasteiger partial charge in [-0.2, -0.15) is 0 Å². The van der Waals surface area contributed by atoms with Crippen molar-refractivity contribution in [3.63, 3.8) is 0 Å². The lowest BCUT2D eigenvalue weighted by molar-refractivity contribution is -0.137. The van der Waals surface area contributed by atoms with E-state index in [1.807, 2.05) is 6.92 Å². The van der Waals surface area contributed by atoms with Gasteiger partial charge in [-0.25, -0.2) is 4.79 Å². The zero-order chi connectivity index (χ0) is 17.4. The number of hydrogen-bond acceptors (Lipinski definition) is 4. The Hall–Kier alpha value is -1.63. The highest BCUT2D eigenvalue weighted by Crippen LogP contribution is 2.38. The molecule has 24 heavy (non-hydrogen) atoms. The first-order chi connectivity index (χ1) is 11.4.